The number of aromatic nitrogens is 3. The van der Waals surface area contributed by atoms with Gasteiger partial charge in [-0.2, -0.15) is 4.99 Å². The summed E-state index contributed by atoms with van der Waals surface area (Å²) < 4.78 is 42.6. The smallest absolute Gasteiger partial charge is 0.406 e. The number of amidine groups is 1. The van der Waals surface area contributed by atoms with Crippen molar-refractivity contribution < 1.29 is 27.5 Å². The van der Waals surface area contributed by atoms with Crippen LogP contribution >= 0.6 is 11.8 Å². The second kappa shape index (κ2) is 12.3. The van der Waals surface area contributed by atoms with Crippen LogP contribution in [0.2, 0.25) is 0 Å². The highest BCUT2D eigenvalue weighted by molar-refractivity contribution is 8.15. The molecule has 1 aliphatic heterocycles. The first-order valence-corrected chi connectivity index (χ1v) is 14.3. The van der Waals surface area contributed by atoms with Crippen molar-refractivity contribution in [3.63, 3.8) is 0 Å². The van der Waals surface area contributed by atoms with E-state index in [0.717, 1.165) is 22.4 Å². The van der Waals surface area contributed by atoms with Gasteiger partial charge in [0, 0.05) is 12.1 Å². The number of hydrogen-bond acceptors (Lipinski definition) is 6. The third kappa shape index (κ3) is 7.23. The van der Waals surface area contributed by atoms with Gasteiger partial charge in [0.15, 0.2) is 11.0 Å². The Balaban J connectivity index is 1.26. The molecule has 1 aliphatic rings. The number of anilines is 1. The number of halogens is 3. The Morgan fingerprint density at radius 1 is 1.12 bits per heavy atom. The number of urea groups is 1. The van der Waals surface area contributed by atoms with E-state index in [1.807, 2.05) is 37.3 Å². The van der Waals surface area contributed by atoms with Gasteiger partial charge in [-0.15, -0.1) is 18.3 Å². The van der Waals surface area contributed by atoms with Crippen LogP contribution in [-0.4, -0.2) is 44.0 Å². The van der Waals surface area contributed by atoms with Gasteiger partial charge in [-0.1, -0.05) is 61.5 Å². The third-order valence-electron chi connectivity index (χ3n) is 6.46. The van der Waals surface area contributed by atoms with Gasteiger partial charge in [0.25, 0.3) is 0 Å². The summed E-state index contributed by atoms with van der Waals surface area (Å²) in [6, 6.07) is 17.8. The molecule has 2 heterocycles. The number of ether oxygens (including phenoxy) is 1. The number of alkyl halides is 3. The van der Waals surface area contributed by atoms with Gasteiger partial charge in [-0.25, -0.2) is 14.5 Å². The summed E-state index contributed by atoms with van der Waals surface area (Å²) in [5.41, 5.74) is 4.76. The number of thioether (sulfide) groups is 1. The third-order valence-corrected chi connectivity index (χ3v) is 7.39. The summed E-state index contributed by atoms with van der Waals surface area (Å²) in [4.78, 5) is 35.6. The Bertz CT molecular complexity index is 1690. The fourth-order valence-corrected chi connectivity index (χ4v) is 5.32. The molecule has 3 amide bonds. The van der Waals surface area contributed by atoms with Crippen LogP contribution in [0.3, 0.4) is 0 Å². The highest BCUT2D eigenvalue weighted by Gasteiger charge is 2.32. The van der Waals surface area contributed by atoms with Crippen LogP contribution in [0.25, 0.3) is 17.1 Å². The zero-order chi connectivity index (χ0) is 30.7. The molecule has 5 rings (SSSR count). The average Bonchev–Trinajstić information content (AvgIpc) is 3.59. The van der Waals surface area contributed by atoms with Crippen LogP contribution < -0.4 is 15.0 Å². The molecule has 9 nitrogen and oxygen atoms in total. The lowest BCUT2D eigenvalue weighted by Crippen LogP contribution is -2.32. The predicted molar refractivity (Wildman–Crippen MR) is 158 cm³/mol. The number of rotatable bonds is 7. The van der Waals surface area contributed by atoms with Crippen LogP contribution in [-0.2, 0) is 11.3 Å². The van der Waals surface area contributed by atoms with Crippen LogP contribution in [0.1, 0.15) is 36.5 Å². The fraction of sp³-hybridized carbons (Fsp3) is 0.233. The number of aryl methyl sites for hydroxylation is 1. The minimum Gasteiger partial charge on any atom is -0.406 e. The summed E-state index contributed by atoms with van der Waals surface area (Å²) in [6.45, 7) is 6.27. The summed E-state index contributed by atoms with van der Waals surface area (Å²) in [7, 11) is 0. The van der Waals surface area contributed by atoms with Gasteiger partial charge in [-0.05, 0) is 60.4 Å². The van der Waals surface area contributed by atoms with Crippen molar-refractivity contribution in [1.82, 2.24) is 20.1 Å². The second-order valence-corrected chi connectivity index (χ2v) is 11.0. The molecule has 0 saturated carbocycles. The Labute approximate surface area is 249 Å². The molecule has 13 heteroatoms. The SMILES string of the molecule is Cc1ccc(N2C(=O)CS/C2=N\C(=O)NCc2cccc(-c3ncn(-c4ccc(OC(F)(F)F)cc4)n3)c2)c(C(C)C)c1. The molecule has 43 heavy (non-hydrogen) atoms. The topological polar surface area (TPSA) is 102 Å². The molecule has 1 fully saturated rings. The number of nitrogens with one attached hydrogen (secondary N) is 1. The molecule has 1 aromatic heterocycles. The van der Waals surface area contributed by atoms with Crippen molar-refractivity contribution in [2.75, 3.05) is 10.7 Å². The zero-order valence-electron chi connectivity index (χ0n) is 23.4. The van der Waals surface area contributed by atoms with Crippen molar-refractivity contribution in [2.24, 2.45) is 4.99 Å². The second-order valence-electron chi connectivity index (χ2n) is 10.0. The van der Waals surface area contributed by atoms with Gasteiger partial charge in [0.1, 0.15) is 12.1 Å². The van der Waals surface area contributed by atoms with Gasteiger partial charge >= 0.3 is 12.4 Å². The van der Waals surface area contributed by atoms with Gasteiger partial charge in [-0.3, -0.25) is 9.69 Å². The number of hydrogen-bond donors (Lipinski definition) is 1. The standard InChI is InChI=1S/C30H27F3N6O3S/c1-18(2)24-13-19(3)7-12-25(24)39-26(40)16-43-29(39)36-28(41)34-15-20-5-4-6-21(14-20)27-35-17-38(37-27)22-8-10-23(11-9-22)42-30(31,32)33/h4-14,17-18H,15-16H2,1-3H3,(H,34,41)/b36-29-. The van der Waals surface area contributed by atoms with Crippen molar-refractivity contribution in [2.45, 2.75) is 39.6 Å². The Morgan fingerprint density at radius 3 is 2.60 bits per heavy atom. The van der Waals surface area contributed by atoms with Gasteiger partial charge in [0.2, 0.25) is 5.91 Å². The first-order chi connectivity index (χ1) is 20.5. The molecule has 3 aromatic carbocycles. The van der Waals surface area contributed by atoms with E-state index in [9.17, 15) is 22.8 Å². The summed E-state index contributed by atoms with van der Waals surface area (Å²) in [6.07, 6.45) is -3.32. The van der Waals surface area contributed by atoms with E-state index < -0.39 is 12.4 Å². The number of nitrogens with zero attached hydrogens (tertiary/aromatic N) is 5. The van der Waals surface area contributed by atoms with Crippen LogP contribution in [0.5, 0.6) is 5.75 Å². The highest BCUT2D eigenvalue weighted by Crippen LogP contribution is 2.34. The quantitative estimate of drug-likeness (QED) is 0.253. The van der Waals surface area contributed by atoms with E-state index in [-0.39, 0.29) is 29.9 Å². The average molecular weight is 609 g/mol. The summed E-state index contributed by atoms with van der Waals surface area (Å²) in [5, 5.41) is 7.52. The predicted octanol–water partition coefficient (Wildman–Crippen LogP) is 6.61. The summed E-state index contributed by atoms with van der Waals surface area (Å²) in [5.74, 6) is 0.296. The Morgan fingerprint density at radius 2 is 1.88 bits per heavy atom. The monoisotopic (exact) mass is 608 g/mol. The Kier molecular flexibility index (Phi) is 8.53. The van der Waals surface area contributed by atoms with E-state index in [2.05, 4.69) is 39.0 Å². The summed E-state index contributed by atoms with van der Waals surface area (Å²) >= 11 is 1.22. The van der Waals surface area contributed by atoms with Crippen molar-refractivity contribution in [1.29, 1.82) is 0 Å². The van der Waals surface area contributed by atoms with Gasteiger partial charge in [0.05, 0.1) is 17.1 Å². The number of carbonyl (C=O) groups is 2. The van der Waals surface area contributed by atoms with Crippen molar-refractivity contribution >= 4 is 34.6 Å². The number of aliphatic imine (C=N–C) groups is 1. The first-order valence-electron chi connectivity index (χ1n) is 13.3. The van der Waals surface area contributed by atoms with Gasteiger partial charge < -0.3 is 10.1 Å². The van der Waals surface area contributed by atoms with E-state index in [1.165, 1.54) is 51.9 Å². The molecule has 0 radical (unpaired) electrons. The first kappa shape index (κ1) is 29.8. The van der Waals surface area contributed by atoms with Crippen LogP contribution in [0, 0.1) is 6.92 Å². The van der Waals surface area contributed by atoms with Crippen molar-refractivity contribution in [3.8, 4) is 22.8 Å². The molecule has 0 atom stereocenters. The maximum absolute atomic E-state index is 12.8. The lowest BCUT2D eigenvalue weighted by Gasteiger charge is -2.22. The van der Waals surface area contributed by atoms with E-state index in [1.54, 1.807) is 12.1 Å². The normalized spacial score (nSPS) is 14.5. The molecule has 4 aromatic rings. The van der Waals surface area contributed by atoms with Crippen LogP contribution in [0.15, 0.2) is 78.0 Å². The Hall–Kier alpha value is -4.65. The van der Waals surface area contributed by atoms with E-state index in [4.69, 9.17) is 0 Å². The molecular weight excluding hydrogens is 581 g/mol. The van der Waals surface area contributed by atoms with E-state index >= 15 is 0 Å². The maximum Gasteiger partial charge on any atom is 0.573 e. The lowest BCUT2D eigenvalue weighted by atomic mass is 9.98. The van der Waals surface area contributed by atoms with Crippen molar-refractivity contribution in [3.05, 3.63) is 89.7 Å². The van der Waals surface area contributed by atoms with E-state index in [0.29, 0.717) is 22.2 Å². The zero-order valence-corrected chi connectivity index (χ0v) is 24.2. The largest absolute Gasteiger partial charge is 0.573 e. The molecule has 0 aliphatic carbocycles. The highest BCUT2D eigenvalue weighted by atomic mass is 32.2. The number of carbonyl (C=O) groups excluding carboxylic acids is 2. The lowest BCUT2D eigenvalue weighted by molar-refractivity contribution is -0.274. The molecule has 0 unspecified atom stereocenters. The number of benzene rings is 3. The minimum atomic E-state index is -4.77. The molecule has 0 bridgehead atoms. The number of amides is 3. The minimum absolute atomic E-state index is 0.132. The van der Waals surface area contributed by atoms with Crippen LogP contribution in [0.4, 0.5) is 23.7 Å². The maximum atomic E-state index is 12.8. The fourth-order valence-electron chi connectivity index (χ4n) is 4.47. The molecule has 1 saturated heterocycles. The molecule has 0 spiro atoms. The molecular formula is C30H27F3N6O3S. The molecule has 1 N–H and O–H groups in total. The molecule has 222 valence electrons.